The highest BCUT2D eigenvalue weighted by atomic mass is 79.9. The van der Waals surface area contributed by atoms with Crippen LogP contribution in [0.15, 0.2) is 34.9 Å². The fourth-order valence-corrected chi connectivity index (χ4v) is 2.15. The third kappa shape index (κ3) is 2.31. The van der Waals surface area contributed by atoms with Crippen LogP contribution in [-0.4, -0.2) is 22.7 Å². The van der Waals surface area contributed by atoms with Gasteiger partial charge in [-0.1, -0.05) is 28.1 Å². The molecule has 2 rings (SSSR count). The molecule has 0 bridgehead atoms. The van der Waals surface area contributed by atoms with Gasteiger partial charge in [0.15, 0.2) is 11.4 Å². The van der Waals surface area contributed by atoms with Crippen molar-refractivity contribution in [2.75, 3.05) is 7.11 Å². The number of hydrogen-bond acceptors (Lipinski definition) is 3. The topological polar surface area (TPSA) is 44.1 Å². The first-order chi connectivity index (χ1) is 8.67. The summed E-state index contributed by atoms with van der Waals surface area (Å²) in [5, 5.41) is 4.13. The summed E-state index contributed by atoms with van der Waals surface area (Å²) in [5.74, 6) is 0.411. The molecule has 0 saturated carbocycles. The average molecular weight is 309 g/mol. The number of nitrogens with zero attached hydrogens (tertiary/aromatic N) is 2. The number of carbonyl (C=O) groups is 1. The highest BCUT2D eigenvalue weighted by molar-refractivity contribution is 9.10. The second kappa shape index (κ2) is 5.35. The van der Waals surface area contributed by atoms with E-state index in [4.69, 9.17) is 4.74 Å². The zero-order valence-corrected chi connectivity index (χ0v) is 11.8. The number of methoxy groups -OCH3 is 1. The van der Waals surface area contributed by atoms with E-state index >= 15 is 0 Å². The van der Waals surface area contributed by atoms with E-state index in [9.17, 15) is 4.79 Å². The third-order valence-electron chi connectivity index (χ3n) is 2.63. The number of aryl methyl sites for hydroxylation is 1. The molecule has 0 radical (unpaired) electrons. The molecule has 0 spiro atoms. The lowest BCUT2D eigenvalue weighted by Gasteiger charge is -2.06. The van der Waals surface area contributed by atoms with E-state index in [1.165, 1.54) is 7.11 Å². The van der Waals surface area contributed by atoms with Gasteiger partial charge in [-0.15, -0.1) is 0 Å². The van der Waals surface area contributed by atoms with Crippen LogP contribution in [0, 0.1) is 0 Å². The molecule has 1 aromatic heterocycles. The van der Waals surface area contributed by atoms with Crippen molar-refractivity contribution in [3.05, 3.63) is 46.2 Å². The van der Waals surface area contributed by atoms with Gasteiger partial charge in [-0.25, -0.2) is 0 Å². The number of ether oxygens (including phenoxy) is 1. The van der Waals surface area contributed by atoms with Crippen LogP contribution in [0.25, 0.3) is 0 Å². The Bertz CT molecular complexity index is 557. The van der Waals surface area contributed by atoms with Gasteiger partial charge in [0, 0.05) is 16.6 Å². The normalized spacial score (nSPS) is 10.4. The lowest BCUT2D eigenvalue weighted by molar-refractivity contribution is 0.102. The second-order valence-electron chi connectivity index (χ2n) is 3.72. The molecule has 1 heterocycles. The maximum absolute atomic E-state index is 12.5. The fraction of sp³-hybridized carbons (Fsp3) is 0.231. The van der Waals surface area contributed by atoms with Gasteiger partial charge in [-0.3, -0.25) is 9.48 Å². The van der Waals surface area contributed by atoms with E-state index in [-0.39, 0.29) is 5.78 Å². The summed E-state index contributed by atoms with van der Waals surface area (Å²) in [6, 6.07) is 7.27. The molecule has 0 saturated heterocycles. The molecule has 0 aliphatic carbocycles. The van der Waals surface area contributed by atoms with Crippen LogP contribution in [0.4, 0.5) is 0 Å². The molecule has 2 aromatic rings. The number of halogens is 1. The third-order valence-corrected chi connectivity index (χ3v) is 3.12. The summed E-state index contributed by atoms with van der Waals surface area (Å²) < 4.78 is 7.70. The van der Waals surface area contributed by atoms with Crippen molar-refractivity contribution in [3.8, 4) is 5.75 Å². The number of carbonyl (C=O) groups excluding carboxylic acids is 1. The summed E-state index contributed by atoms with van der Waals surface area (Å²) in [6.45, 7) is 2.56. The molecule has 0 aliphatic heterocycles. The minimum absolute atomic E-state index is 0.0903. The summed E-state index contributed by atoms with van der Waals surface area (Å²) in [4.78, 5) is 12.5. The SMILES string of the molecule is CCn1ncc(OC)c1C(=O)c1cccc(Br)c1. The van der Waals surface area contributed by atoms with Gasteiger partial charge in [0.2, 0.25) is 5.78 Å². The van der Waals surface area contributed by atoms with Crippen molar-refractivity contribution in [2.24, 2.45) is 0 Å². The van der Waals surface area contributed by atoms with E-state index in [1.54, 1.807) is 23.0 Å². The Kier molecular flexibility index (Phi) is 3.81. The summed E-state index contributed by atoms with van der Waals surface area (Å²) in [5.41, 5.74) is 1.09. The molecular formula is C13H13BrN2O2. The Morgan fingerprint density at radius 2 is 2.28 bits per heavy atom. The standard InChI is InChI=1S/C13H13BrN2O2/c1-3-16-12(11(18-2)8-15-16)13(17)9-5-4-6-10(14)7-9/h4-8H,3H2,1-2H3. The first kappa shape index (κ1) is 12.8. The monoisotopic (exact) mass is 308 g/mol. The van der Waals surface area contributed by atoms with Crippen LogP contribution in [0.1, 0.15) is 23.0 Å². The van der Waals surface area contributed by atoms with Crippen LogP contribution in [0.2, 0.25) is 0 Å². The second-order valence-corrected chi connectivity index (χ2v) is 4.63. The van der Waals surface area contributed by atoms with Crippen LogP contribution < -0.4 is 4.74 Å². The van der Waals surface area contributed by atoms with Gasteiger partial charge in [0.25, 0.3) is 0 Å². The van der Waals surface area contributed by atoms with Crippen LogP contribution >= 0.6 is 15.9 Å². The lowest BCUT2D eigenvalue weighted by atomic mass is 10.1. The van der Waals surface area contributed by atoms with E-state index in [0.29, 0.717) is 23.6 Å². The van der Waals surface area contributed by atoms with Crippen LogP contribution in [0.3, 0.4) is 0 Å². The molecule has 4 nitrogen and oxygen atoms in total. The molecular weight excluding hydrogens is 296 g/mol. The first-order valence-corrected chi connectivity index (χ1v) is 6.36. The minimum atomic E-state index is -0.0903. The van der Waals surface area contributed by atoms with Gasteiger partial charge in [0.05, 0.1) is 13.3 Å². The van der Waals surface area contributed by atoms with E-state index in [1.807, 2.05) is 19.1 Å². The summed E-state index contributed by atoms with van der Waals surface area (Å²) in [7, 11) is 1.54. The molecule has 94 valence electrons. The molecule has 0 unspecified atom stereocenters. The molecule has 0 amide bonds. The predicted molar refractivity (Wildman–Crippen MR) is 72.0 cm³/mol. The summed E-state index contributed by atoms with van der Waals surface area (Å²) in [6.07, 6.45) is 1.56. The van der Waals surface area contributed by atoms with Crippen molar-refractivity contribution >= 4 is 21.7 Å². The predicted octanol–water partition coefficient (Wildman–Crippen LogP) is 2.91. The minimum Gasteiger partial charge on any atom is -0.493 e. The Morgan fingerprint density at radius 1 is 1.50 bits per heavy atom. The van der Waals surface area contributed by atoms with E-state index < -0.39 is 0 Å². The smallest absolute Gasteiger partial charge is 0.214 e. The first-order valence-electron chi connectivity index (χ1n) is 5.57. The maximum Gasteiger partial charge on any atom is 0.214 e. The fourth-order valence-electron chi connectivity index (χ4n) is 1.75. The maximum atomic E-state index is 12.5. The largest absolute Gasteiger partial charge is 0.493 e. The van der Waals surface area contributed by atoms with Crippen molar-refractivity contribution < 1.29 is 9.53 Å². The quantitative estimate of drug-likeness (QED) is 0.816. The number of benzene rings is 1. The van der Waals surface area contributed by atoms with Gasteiger partial charge < -0.3 is 4.74 Å². The summed E-state index contributed by atoms with van der Waals surface area (Å²) >= 11 is 3.36. The van der Waals surface area contributed by atoms with E-state index in [2.05, 4.69) is 21.0 Å². The molecule has 0 aliphatic rings. The molecule has 18 heavy (non-hydrogen) atoms. The molecule has 0 atom stereocenters. The molecule has 1 aromatic carbocycles. The zero-order valence-electron chi connectivity index (χ0n) is 10.2. The molecule has 0 N–H and O–H groups in total. The van der Waals surface area contributed by atoms with Gasteiger partial charge in [-0.2, -0.15) is 5.10 Å². The van der Waals surface area contributed by atoms with Crippen LogP contribution in [0.5, 0.6) is 5.75 Å². The number of aromatic nitrogens is 2. The Morgan fingerprint density at radius 3 is 2.89 bits per heavy atom. The highest BCUT2D eigenvalue weighted by Gasteiger charge is 2.20. The van der Waals surface area contributed by atoms with Crippen molar-refractivity contribution in [1.29, 1.82) is 0 Å². The lowest BCUT2D eigenvalue weighted by Crippen LogP contribution is -2.11. The van der Waals surface area contributed by atoms with Crippen molar-refractivity contribution in [1.82, 2.24) is 9.78 Å². The average Bonchev–Trinajstić information content (AvgIpc) is 2.80. The Balaban J connectivity index is 2.48. The van der Waals surface area contributed by atoms with Gasteiger partial charge in [-0.05, 0) is 19.1 Å². The van der Waals surface area contributed by atoms with Crippen molar-refractivity contribution in [3.63, 3.8) is 0 Å². The zero-order chi connectivity index (χ0) is 13.1. The number of hydrogen-bond donors (Lipinski definition) is 0. The number of rotatable bonds is 4. The molecule has 5 heteroatoms. The van der Waals surface area contributed by atoms with E-state index in [0.717, 1.165) is 4.47 Å². The Labute approximate surface area is 114 Å². The van der Waals surface area contributed by atoms with Gasteiger partial charge >= 0.3 is 0 Å². The number of ketones is 1. The Hall–Kier alpha value is -1.62. The van der Waals surface area contributed by atoms with Crippen LogP contribution in [-0.2, 0) is 6.54 Å². The van der Waals surface area contributed by atoms with Crippen molar-refractivity contribution in [2.45, 2.75) is 13.5 Å². The van der Waals surface area contributed by atoms with Gasteiger partial charge in [0.1, 0.15) is 0 Å². The molecule has 0 fully saturated rings. The highest BCUT2D eigenvalue weighted by Crippen LogP contribution is 2.22.